The fourth-order valence-electron chi connectivity index (χ4n) is 3.21. The Kier molecular flexibility index (Phi) is 6.56. The van der Waals surface area contributed by atoms with Crippen LogP contribution in [-0.4, -0.2) is 22.2 Å². The topological polar surface area (TPSA) is 51.2 Å². The largest absolute Gasteiger partial charge is 0.489 e. The second kappa shape index (κ2) is 9.08. The van der Waals surface area contributed by atoms with Gasteiger partial charge in [-0.25, -0.2) is 4.98 Å². The maximum atomic E-state index is 12.6. The SMILES string of the molecule is CC(C)Oc1ccc(NC(=O)[C@@H]2CCC[C@@H](Sc3ccccc3)C2)nc1. The molecule has 26 heavy (non-hydrogen) atoms. The van der Waals surface area contributed by atoms with Gasteiger partial charge in [-0.15, -0.1) is 11.8 Å². The molecular weight excluding hydrogens is 344 g/mol. The van der Waals surface area contributed by atoms with Gasteiger partial charge in [-0.05, 0) is 57.4 Å². The molecule has 4 nitrogen and oxygen atoms in total. The molecule has 1 aromatic carbocycles. The molecule has 1 aliphatic carbocycles. The van der Waals surface area contributed by atoms with Gasteiger partial charge in [-0.3, -0.25) is 4.79 Å². The predicted octanol–water partition coefficient (Wildman–Crippen LogP) is 5.16. The van der Waals surface area contributed by atoms with Crippen molar-refractivity contribution in [3.8, 4) is 5.75 Å². The minimum absolute atomic E-state index is 0.0540. The van der Waals surface area contributed by atoms with E-state index in [-0.39, 0.29) is 17.9 Å². The molecule has 3 rings (SSSR count). The quantitative estimate of drug-likeness (QED) is 0.763. The van der Waals surface area contributed by atoms with Crippen molar-refractivity contribution in [2.45, 2.75) is 55.8 Å². The van der Waals surface area contributed by atoms with Crippen molar-refractivity contribution in [2.75, 3.05) is 5.32 Å². The molecule has 1 amide bonds. The van der Waals surface area contributed by atoms with Crippen molar-refractivity contribution in [3.63, 3.8) is 0 Å². The fraction of sp³-hybridized carbons (Fsp3) is 0.429. The van der Waals surface area contributed by atoms with Crippen LogP contribution in [0.25, 0.3) is 0 Å². The van der Waals surface area contributed by atoms with E-state index in [0.29, 0.717) is 11.1 Å². The molecule has 0 bridgehead atoms. The lowest BCUT2D eigenvalue weighted by Gasteiger charge is -2.27. The van der Waals surface area contributed by atoms with Gasteiger partial charge in [0.1, 0.15) is 11.6 Å². The van der Waals surface area contributed by atoms with E-state index in [1.807, 2.05) is 37.7 Å². The molecule has 1 N–H and O–H groups in total. The highest BCUT2D eigenvalue weighted by Crippen LogP contribution is 2.36. The molecule has 0 spiro atoms. The first kappa shape index (κ1) is 18.8. The summed E-state index contributed by atoms with van der Waals surface area (Å²) in [5.74, 6) is 1.44. The molecule has 0 unspecified atom stereocenters. The smallest absolute Gasteiger partial charge is 0.228 e. The van der Waals surface area contributed by atoms with Crippen LogP contribution >= 0.6 is 11.8 Å². The van der Waals surface area contributed by atoms with Gasteiger partial charge in [0.15, 0.2) is 0 Å². The van der Waals surface area contributed by atoms with E-state index < -0.39 is 0 Å². The fourth-order valence-corrected chi connectivity index (χ4v) is 4.52. The van der Waals surface area contributed by atoms with Crippen molar-refractivity contribution < 1.29 is 9.53 Å². The van der Waals surface area contributed by atoms with Gasteiger partial charge in [-0.2, -0.15) is 0 Å². The van der Waals surface area contributed by atoms with E-state index in [1.54, 1.807) is 12.3 Å². The number of aromatic nitrogens is 1. The van der Waals surface area contributed by atoms with Crippen LogP contribution in [0.4, 0.5) is 5.82 Å². The van der Waals surface area contributed by atoms with E-state index in [0.717, 1.165) is 25.0 Å². The standard InChI is InChI=1S/C21H26N2O2S/c1-15(2)25-17-11-12-20(22-14-17)23-21(24)16-7-6-10-19(13-16)26-18-8-4-3-5-9-18/h3-5,8-9,11-12,14-16,19H,6-7,10,13H2,1-2H3,(H,22,23,24)/t16-,19-/m1/s1. The molecule has 0 saturated heterocycles. The summed E-state index contributed by atoms with van der Waals surface area (Å²) >= 11 is 1.89. The lowest BCUT2D eigenvalue weighted by atomic mass is 9.88. The van der Waals surface area contributed by atoms with Gasteiger partial charge >= 0.3 is 0 Å². The molecule has 2 atom stereocenters. The van der Waals surface area contributed by atoms with Crippen molar-refractivity contribution in [2.24, 2.45) is 5.92 Å². The normalized spacial score (nSPS) is 20.0. The summed E-state index contributed by atoms with van der Waals surface area (Å²) in [4.78, 5) is 18.2. The Morgan fingerprint density at radius 3 is 2.69 bits per heavy atom. The zero-order valence-electron chi connectivity index (χ0n) is 15.4. The number of carbonyl (C=O) groups excluding carboxylic acids is 1. The Morgan fingerprint density at radius 1 is 1.19 bits per heavy atom. The van der Waals surface area contributed by atoms with Crippen LogP contribution in [0.2, 0.25) is 0 Å². The van der Waals surface area contributed by atoms with Gasteiger partial charge in [0.2, 0.25) is 5.91 Å². The zero-order valence-corrected chi connectivity index (χ0v) is 16.2. The number of rotatable bonds is 6. The number of amides is 1. The highest BCUT2D eigenvalue weighted by Gasteiger charge is 2.28. The number of nitrogens with zero attached hydrogens (tertiary/aromatic N) is 1. The Bertz CT molecular complexity index is 704. The minimum Gasteiger partial charge on any atom is -0.489 e. The van der Waals surface area contributed by atoms with Crippen LogP contribution in [0, 0.1) is 5.92 Å². The second-order valence-corrected chi connectivity index (χ2v) is 8.33. The molecule has 0 aliphatic heterocycles. The summed E-state index contributed by atoms with van der Waals surface area (Å²) in [7, 11) is 0. The van der Waals surface area contributed by atoms with Crippen LogP contribution in [0.1, 0.15) is 39.5 Å². The van der Waals surface area contributed by atoms with E-state index in [1.165, 1.54) is 11.3 Å². The minimum atomic E-state index is 0.0540. The van der Waals surface area contributed by atoms with Gasteiger partial charge in [-0.1, -0.05) is 24.6 Å². The number of benzene rings is 1. The molecule has 1 fully saturated rings. The third kappa shape index (κ3) is 5.49. The lowest BCUT2D eigenvalue weighted by molar-refractivity contribution is -0.120. The van der Waals surface area contributed by atoms with Crippen LogP contribution in [0.3, 0.4) is 0 Å². The van der Waals surface area contributed by atoms with Crippen molar-refractivity contribution in [1.82, 2.24) is 4.98 Å². The molecule has 2 aromatic rings. The molecule has 1 heterocycles. The summed E-state index contributed by atoms with van der Waals surface area (Å²) < 4.78 is 5.58. The monoisotopic (exact) mass is 370 g/mol. The number of hydrogen-bond donors (Lipinski definition) is 1. The summed E-state index contributed by atoms with van der Waals surface area (Å²) in [5.41, 5.74) is 0. The summed E-state index contributed by atoms with van der Waals surface area (Å²) in [5, 5.41) is 3.46. The Hall–Kier alpha value is -2.01. The predicted molar refractivity (Wildman–Crippen MR) is 107 cm³/mol. The Labute approximate surface area is 159 Å². The van der Waals surface area contributed by atoms with E-state index in [4.69, 9.17) is 4.74 Å². The molecule has 138 valence electrons. The highest BCUT2D eigenvalue weighted by molar-refractivity contribution is 8.00. The number of nitrogens with one attached hydrogen (secondary N) is 1. The average Bonchev–Trinajstić information content (AvgIpc) is 2.64. The lowest BCUT2D eigenvalue weighted by Crippen LogP contribution is -2.29. The molecule has 1 aliphatic rings. The summed E-state index contributed by atoms with van der Waals surface area (Å²) in [6.45, 7) is 3.95. The molecule has 5 heteroatoms. The van der Waals surface area contributed by atoms with Crippen LogP contribution in [0.5, 0.6) is 5.75 Å². The van der Waals surface area contributed by atoms with E-state index in [9.17, 15) is 4.79 Å². The Balaban J connectivity index is 1.54. The Morgan fingerprint density at radius 2 is 2.00 bits per heavy atom. The maximum absolute atomic E-state index is 12.6. The van der Waals surface area contributed by atoms with Gasteiger partial charge in [0.25, 0.3) is 0 Å². The average molecular weight is 371 g/mol. The number of anilines is 1. The van der Waals surface area contributed by atoms with E-state index >= 15 is 0 Å². The van der Waals surface area contributed by atoms with Crippen molar-refractivity contribution in [1.29, 1.82) is 0 Å². The van der Waals surface area contributed by atoms with Gasteiger partial charge in [0, 0.05) is 16.1 Å². The third-order valence-corrected chi connectivity index (χ3v) is 5.71. The molecule has 0 radical (unpaired) electrons. The number of hydrogen-bond acceptors (Lipinski definition) is 4. The number of thioether (sulfide) groups is 1. The second-order valence-electron chi connectivity index (χ2n) is 6.95. The van der Waals surface area contributed by atoms with Crippen LogP contribution < -0.4 is 10.1 Å². The van der Waals surface area contributed by atoms with Crippen molar-refractivity contribution >= 4 is 23.5 Å². The number of carbonyl (C=O) groups is 1. The maximum Gasteiger partial charge on any atom is 0.228 e. The van der Waals surface area contributed by atoms with Crippen LogP contribution in [0.15, 0.2) is 53.6 Å². The first-order chi connectivity index (χ1) is 12.6. The molecular formula is C21H26N2O2S. The number of pyridine rings is 1. The number of ether oxygens (including phenoxy) is 1. The highest BCUT2D eigenvalue weighted by atomic mass is 32.2. The third-order valence-electron chi connectivity index (χ3n) is 4.40. The van der Waals surface area contributed by atoms with Crippen molar-refractivity contribution in [3.05, 3.63) is 48.7 Å². The summed E-state index contributed by atoms with van der Waals surface area (Å²) in [6.07, 6.45) is 5.90. The van der Waals surface area contributed by atoms with E-state index in [2.05, 4.69) is 34.6 Å². The first-order valence-electron chi connectivity index (χ1n) is 9.25. The first-order valence-corrected chi connectivity index (χ1v) is 10.1. The zero-order chi connectivity index (χ0) is 18.4. The van der Waals surface area contributed by atoms with Gasteiger partial charge in [0.05, 0.1) is 12.3 Å². The molecule has 1 saturated carbocycles. The van der Waals surface area contributed by atoms with Gasteiger partial charge < -0.3 is 10.1 Å². The molecule has 1 aromatic heterocycles. The summed E-state index contributed by atoms with van der Waals surface area (Å²) in [6, 6.07) is 14.1. The van der Waals surface area contributed by atoms with Crippen LogP contribution in [-0.2, 0) is 4.79 Å².